The van der Waals surface area contributed by atoms with Gasteiger partial charge >= 0.3 is 0 Å². The summed E-state index contributed by atoms with van der Waals surface area (Å²) in [6.45, 7) is 2.98. The van der Waals surface area contributed by atoms with Crippen LogP contribution in [0.2, 0.25) is 0 Å². The van der Waals surface area contributed by atoms with E-state index in [0.717, 1.165) is 24.5 Å². The van der Waals surface area contributed by atoms with Gasteiger partial charge in [-0.3, -0.25) is 9.10 Å². The van der Waals surface area contributed by atoms with Crippen molar-refractivity contribution in [3.05, 3.63) is 53.7 Å². The highest BCUT2D eigenvalue weighted by Gasteiger charge is 2.28. The Labute approximate surface area is 178 Å². The molecule has 3 heterocycles. The van der Waals surface area contributed by atoms with Crippen molar-refractivity contribution in [2.45, 2.75) is 38.6 Å². The van der Waals surface area contributed by atoms with Gasteiger partial charge in [-0.1, -0.05) is 12.8 Å². The summed E-state index contributed by atoms with van der Waals surface area (Å²) in [7, 11) is -3.21. The Hall–Kier alpha value is -2.61. The van der Waals surface area contributed by atoms with Gasteiger partial charge in [-0.2, -0.15) is 0 Å². The standard InChI is InChI=1S/C22H28N4O3S/c27-22(19-6-8-20(9-7-19)26-14-5-15-30(26,28)29)24-17-18-10-11-23-21(16-18)25-12-3-1-2-4-13-25/h6-11,16H,1-5,12-15,17H2,(H,24,27). The van der Waals surface area contributed by atoms with E-state index in [1.165, 1.54) is 30.0 Å². The summed E-state index contributed by atoms with van der Waals surface area (Å²) < 4.78 is 25.5. The maximum Gasteiger partial charge on any atom is 0.251 e. The first-order chi connectivity index (χ1) is 14.5. The number of hydrogen-bond acceptors (Lipinski definition) is 5. The first kappa shape index (κ1) is 20.7. The Morgan fingerprint density at radius 3 is 2.37 bits per heavy atom. The summed E-state index contributed by atoms with van der Waals surface area (Å²) in [5.41, 5.74) is 2.13. The fourth-order valence-electron chi connectivity index (χ4n) is 4.04. The first-order valence-corrected chi connectivity index (χ1v) is 12.2. The van der Waals surface area contributed by atoms with Crippen LogP contribution >= 0.6 is 0 Å². The summed E-state index contributed by atoms with van der Waals surface area (Å²) in [6.07, 6.45) is 7.36. The van der Waals surface area contributed by atoms with Crippen molar-refractivity contribution in [1.82, 2.24) is 10.3 Å². The molecule has 2 aromatic rings. The van der Waals surface area contributed by atoms with Crippen LogP contribution in [-0.4, -0.2) is 44.7 Å². The van der Waals surface area contributed by atoms with E-state index in [1.54, 1.807) is 30.5 Å². The van der Waals surface area contributed by atoms with E-state index in [-0.39, 0.29) is 11.7 Å². The molecule has 0 atom stereocenters. The third-order valence-corrected chi connectivity index (χ3v) is 7.58. The lowest BCUT2D eigenvalue weighted by molar-refractivity contribution is 0.0951. The van der Waals surface area contributed by atoms with Gasteiger partial charge in [0.15, 0.2) is 0 Å². The van der Waals surface area contributed by atoms with Crippen LogP contribution in [0.15, 0.2) is 42.6 Å². The number of sulfonamides is 1. The van der Waals surface area contributed by atoms with E-state index in [4.69, 9.17) is 0 Å². The Balaban J connectivity index is 1.37. The van der Waals surface area contributed by atoms with Gasteiger partial charge in [0, 0.05) is 37.9 Å². The molecule has 0 radical (unpaired) electrons. The molecule has 2 fully saturated rings. The van der Waals surface area contributed by atoms with Crippen molar-refractivity contribution in [2.75, 3.05) is 34.6 Å². The largest absolute Gasteiger partial charge is 0.357 e. The van der Waals surface area contributed by atoms with E-state index in [0.29, 0.717) is 30.8 Å². The number of hydrogen-bond donors (Lipinski definition) is 1. The zero-order valence-corrected chi connectivity index (χ0v) is 17.9. The second kappa shape index (κ2) is 9.04. The fraction of sp³-hybridized carbons (Fsp3) is 0.455. The summed E-state index contributed by atoms with van der Waals surface area (Å²) in [4.78, 5) is 19.4. The number of nitrogens with zero attached hydrogens (tertiary/aromatic N) is 3. The lowest BCUT2D eigenvalue weighted by atomic mass is 10.2. The Morgan fingerprint density at radius 1 is 0.967 bits per heavy atom. The SMILES string of the molecule is O=C(NCc1ccnc(N2CCCCCC2)c1)c1ccc(N2CCCS2(=O)=O)cc1. The smallest absolute Gasteiger partial charge is 0.251 e. The first-order valence-electron chi connectivity index (χ1n) is 10.6. The average Bonchev–Trinajstić information content (AvgIpc) is 2.95. The van der Waals surface area contributed by atoms with Crippen molar-refractivity contribution >= 4 is 27.4 Å². The van der Waals surface area contributed by atoms with E-state index < -0.39 is 10.0 Å². The van der Waals surface area contributed by atoms with Gasteiger partial charge in [-0.25, -0.2) is 13.4 Å². The molecule has 0 saturated carbocycles. The quantitative estimate of drug-likeness (QED) is 0.792. The van der Waals surface area contributed by atoms with Gasteiger partial charge in [0.2, 0.25) is 10.0 Å². The molecule has 1 aromatic heterocycles. The average molecular weight is 429 g/mol. The molecule has 4 rings (SSSR count). The zero-order chi connectivity index (χ0) is 21.0. The van der Waals surface area contributed by atoms with Gasteiger partial charge in [0.1, 0.15) is 5.82 Å². The highest BCUT2D eigenvalue weighted by molar-refractivity contribution is 7.93. The van der Waals surface area contributed by atoms with E-state index in [9.17, 15) is 13.2 Å². The summed E-state index contributed by atoms with van der Waals surface area (Å²) in [6, 6.07) is 10.7. The van der Waals surface area contributed by atoms with Crippen molar-refractivity contribution in [1.29, 1.82) is 0 Å². The predicted molar refractivity (Wildman–Crippen MR) is 118 cm³/mol. The summed E-state index contributed by atoms with van der Waals surface area (Å²) >= 11 is 0. The third kappa shape index (κ3) is 4.75. The lowest BCUT2D eigenvalue weighted by Crippen LogP contribution is -2.26. The summed E-state index contributed by atoms with van der Waals surface area (Å²) in [5, 5.41) is 2.95. The van der Waals surface area contributed by atoms with E-state index in [1.807, 2.05) is 12.1 Å². The summed E-state index contributed by atoms with van der Waals surface area (Å²) in [5.74, 6) is 0.972. The molecule has 7 nitrogen and oxygen atoms in total. The minimum Gasteiger partial charge on any atom is -0.357 e. The number of amides is 1. The molecule has 2 aliphatic heterocycles. The van der Waals surface area contributed by atoms with E-state index in [2.05, 4.69) is 15.2 Å². The molecule has 0 unspecified atom stereocenters. The topological polar surface area (TPSA) is 82.6 Å². The fourth-order valence-corrected chi connectivity index (χ4v) is 5.60. The van der Waals surface area contributed by atoms with Crippen LogP contribution in [0.5, 0.6) is 0 Å². The van der Waals surface area contributed by atoms with Crippen LogP contribution in [0.25, 0.3) is 0 Å². The number of anilines is 2. The minimum atomic E-state index is -3.21. The maximum atomic E-state index is 12.5. The van der Waals surface area contributed by atoms with Gasteiger partial charge in [-0.15, -0.1) is 0 Å². The number of rotatable bonds is 5. The van der Waals surface area contributed by atoms with Crippen LogP contribution in [0.1, 0.15) is 48.0 Å². The van der Waals surface area contributed by atoms with Crippen molar-refractivity contribution in [2.24, 2.45) is 0 Å². The molecule has 160 valence electrons. The minimum absolute atomic E-state index is 0.181. The van der Waals surface area contributed by atoms with E-state index >= 15 is 0 Å². The molecule has 0 bridgehead atoms. The highest BCUT2D eigenvalue weighted by atomic mass is 32.2. The van der Waals surface area contributed by atoms with Gasteiger partial charge in [0.05, 0.1) is 11.4 Å². The number of carbonyl (C=O) groups is 1. The number of aromatic nitrogens is 1. The predicted octanol–water partition coefficient (Wildman–Crippen LogP) is 2.93. The Morgan fingerprint density at radius 2 is 1.70 bits per heavy atom. The molecule has 0 aliphatic carbocycles. The van der Waals surface area contributed by atoms with Crippen LogP contribution in [-0.2, 0) is 16.6 Å². The van der Waals surface area contributed by atoms with Crippen LogP contribution in [0, 0.1) is 0 Å². The Kier molecular flexibility index (Phi) is 6.22. The molecule has 1 N–H and O–H groups in total. The monoisotopic (exact) mass is 428 g/mol. The number of benzene rings is 1. The van der Waals surface area contributed by atoms with Crippen LogP contribution in [0.4, 0.5) is 11.5 Å². The normalized spacial score (nSPS) is 18.8. The number of carbonyl (C=O) groups excluding carboxylic acids is 1. The maximum absolute atomic E-state index is 12.5. The number of nitrogens with one attached hydrogen (secondary N) is 1. The molecular weight excluding hydrogens is 400 g/mol. The van der Waals surface area contributed by atoms with Crippen LogP contribution in [0.3, 0.4) is 0 Å². The van der Waals surface area contributed by atoms with Gasteiger partial charge in [-0.05, 0) is 61.2 Å². The Bertz CT molecular complexity index is 984. The van der Waals surface area contributed by atoms with Crippen molar-refractivity contribution in [3.63, 3.8) is 0 Å². The molecule has 0 spiro atoms. The molecule has 2 aliphatic rings. The zero-order valence-electron chi connectivity index (χ0n) is 17.1. The molecule has 8 heteroatoms. The van der Waals surface area contributed by atoms with Crippen molar-refractivity contribution in [3.8, 4) is 0 Å². The molecule has 2 saturated heterocycles. The van der Waals surface area contributed by atoms with Gasteiger partial charge in [0.25, 0.3) is 5.91 Å². The van der Waals surface area contributed by atoms with Crippen LogP contribution < -0.4 is 14.5 Å². The highest BCUT2D eigenvalue weighted by Crippen LogP contribution is 2.24. The molecule has 1 amide bonds. The third-order valence-electron chi connectivity index (χ3n) is 5.71. The number of pyridine rings is 1. The van der Waals surface area contributed by atoms with Crippen molar-refractivity contribution < 1.29 is 13.2 Å². The second-order valence-corrected chi connectivity index (χ2v) is 9.91. The van der Waals surface area contributed by atoms with Gasteiger partial charge < -0.3 is 10.2 Å². The lowest BCUT2D eigenvalue weighted by Gasteiger charge is -2.21. The second-order valence-electron chi connectivity index (χ2n) is 7.89. The molecular formula is C22H28N4O3S. The molecule has 1 aromatic carbocycles. The molecule has 30 heavy (non-hydrogen) atoms.